The van der Waals surface area contributed by atoms with E-state index in [9.17, 15) is 13.2 Å². The minimum Gasteiger partial charge on any atom is -0.381 e. The van der Waals surface area contributed by atoms with E-state index in [0.29, 0.717) is 16.7 Å². The molecule has 0 saturated heterocycles. The van der Waals surface area contributed by atoms with Gasteiger partial charge in [0.2, 0.25) is 0 Å². The number of hydrogen-bond donors (Lipinski definition) is 1. The highest BCUT2D eigenvalue weighted by Gasteiger charge is 2.31. The molecule has 0 atom stereocenters. The summed E-state index contributed by atoms with van der Waals surface area (Å²) in [5.74, 6) is 0. The van der Waals surface area contributed by atoms with Gasteiger partial charge >= 0.3 is 6.18 Å². The molecule has 0 aliphatic heterocycles. The van der Waals surface area contributed by atoms with Crippen LogP contribution in [0.1, 0.15) is 16.7 Å². The van der Waals surface area contributed by atoms with E-state index in [1.807, 2.05) is 31.2 Å². The van der Waals surface area contributed by atoms with E-state index >= 15 is 0 Å². The molecule has 2 rings (SSSR count). The van der Waals surface area contributed by atoms with Gasteiger partial charge in [0.05, 0.1) is 5.56 Å². The molecule has 0 saturated carbocycles. The van der Waals surface area contributed by atoms with Crippen LogP contribution in [0.3, 0.4) is 0 Å². The van der Waals surface area contributed by atoms with Gasteiger partial charge in [0, 0.05) is 16.7 Å². The Hall–Kier alpha value is -1.49. The lowest BCUT2D eigenvalue weighted by Crippen LogP contribution is -2.07. The number of nitrogens with one attached hydrogen (secondary N) is 1. The van der Waals surface area contributed by atoms with Crippen molar-refractivity contribution < 1.29 is 13.2 Å². The molecule has 20 heavy (non-hydrogen) atoms. The topological polar surface area (TPSA) is 12.0 Å². The van der Waals surface area contributed by atoms with Gasteiger partial charge in [-0.1, -0.05) is 40.2 Å². The van der Waals surface area contributed by atoms with Crippen molar-refractivity contribution in [2.45, 2.75) is 19.6 Å². The van der Waals surface area contributed by atoms with Crippen molar-refractivity contribution >= 4 is 21.6 Å². The van der Waals surface area contributed by atoms with E-state index in [1.54, 1.807) is 6.07 Å². The Morgan fingerprint density at radius 3 is 2.45 bits per heavy atom. The highest BCUT2D eigenvalue weighted by molar-refractivity contribution is 9.10. The molecular weight excluding hydrogens is 331 g/mol. The van der Waals surface area contributed by atoms with Crippen molar-refractivity contribution in [2.75, 3.05) is 5.32 Å². The highest BCUT2D eigenvalue weighted by atomic mass is 79.9. The molecule has 0 fully saturated rings. The molecule has 0 aromatic heterocycles. The molecule has 1 N–H and O–H groups in total. The molecule has 0 radical (unpaired) electrons. The summed E-state index contributed by atoms with van der Waals surface area (Å²) in [5, 5.41) is 3.03. The van der Waals surface area contributed by atoms with Gasteiger partial charge in [-0.3, -0.25) is 0 Å². The Morgan fingerprint density at radius 2 is 1.80 bits per heavy atom. The molecule has 106 valence electrons. The lowest BCUT2D eigenvalue weighted by atomic mass is 10.1. The molecule has 0 aliphatic carbocycles. The molecule has 2 aromatic rings. The average Bonchev–Trinajstić information content (AvgIpc) is 2.36. The summed E-state index contributed by atoms with van der Waals surface area (Å²) in [6, 6.07) is 11.6. The van der Waals surface area contributed by atoms with E-state index < -0.39 is 11.7 Å². The third-order valence-corrected chi connectivity index (χ3v) is 3.43. The lowest BCUT2D eigenvalue weighted by molar-refractivity contribution is -0.137. The highest BCUT2D eigenvalue weighted by Crippen LogP contribution is 2.33. The normalized spacial score (nSPS) is 11.4. The Labute approximate surface area is 123 Å². The first kappa shape index (κ1) is 14.9. The van der Waals surface area contributed by atoms with Crippen LogP contribution in [0, 0.1) is 6.92 Å². The fraction of sp³-hybridized carbons (Fsp3) is 0.200. The first-order valence-electron chi connectivity index (χ1n) is 6.02. The van der Waals surface area contributed by atoms with Crippen molar-refractivity contribution in [1.29, 1.82) is 0 Å². The Morgan fingerprint density at radius 1 is 1.10 bits per heavy atom. The van der Waals surface area contributed by atoms with Crippen molar-refractivity contribution in [2.24, 2.45) is 0 Å². The summed E-state index contributed by atoms with van der Waals surface area (Å²) in [7, 11) is 0. The van der Waals surface area contributed by atoms with Crippen LogP contribution in [-0.2, 0) is 12.7 Å². The third kappa shape index (κ3) is 3.76. The molecular formula is C15H13BrF3N. The summed E-state index contributed by atoms with van der Waals surface area (Å²) >= 11 is 3.11. The monoisotopic (exact) mass is 343 g/mol. The zero-order valence-corrected chi connectivity index (χ0v) is 12.3. The van der Waals surface area contributed by atoms with Crippen molar-refractivity contribution in [3.63, 3.8) is 0 Å². The zero-order chi connectivity index (χ0) is 14.8. The summed E-state index contributed by atoms with van der Waals surface area (Å²) < 4.78 is 38.6. The number of rotatable bonds is 3. The molecule has 0 spiro atoms. The van der Waals surface area contributed by atoms with E-state index in [1.165, 1.54) is 0 Å². The fourth-order valence-corrected chi connectivity index (χ4v) is 2.35. The maximum Gasteiger partial charge on any atom is 0.416 e. The minimum atomic E-state index is -4.34. The standard InChI is InChI=1S/C15H13BrF3N/c1-10-4-2-3-5-11(10)9-20-14-7-12(15(17,18)19)6-13(16)8-14/h2-8,20H,9H2,1H3. The van der Waals surface area contributed by atoms with Crippen LogP contribution >= 0.6 is 15.9 Å². The second kappa shape index (κ2) is 5.87. The number of halogens is 4. The summed E-state index contributed by atoms with van der Waals surface area (Å²) in [5.41, 5.74) is 1.93. The number of hydrogen-bond acceptors (Lipinski definition) is 1. The SMILES string of the molecule is Cc1ccccc1CNc1cc(Br)cc(C(F)(F)F)c1. The Kier molecular flexibility index (Phi) is 4.38. The van der Waals surface area contributed by atoms with Gasteiger partial charge in [-0.05, 0) is 36.2 Å². The van der Waals surface area contributed by atoms with Gasteiger partial charge in [0.1, 0.15) is 0 Å². The lowest BCUT2D eigenvalue weighted by Gasteiger charge is -2.12. The predicted molar refractivity (Wildman–Crippen MR) is 77.6 cm³/mol. The van der Waals surface area contributed by atoms with Gasteiger partial charge < -0.3 is 5.32 Å². The van der Waals surface area contributed by atoms with E-state index in [-0.39, 0.29) is 0 Å². The van der Waals surface area contributed by atoms with E-state index in [0.717, 1.165) is 23.3 Å². The van der Waals surface area contributed by atoms with Gasteiger partial charge in [-0.15, -0.1) is 0 Å². The van der Waals surface area contributed by atoms with Crippen LogP contribution in [0.4, 0.5) is 18.9 Å². The summed E-state index contributed by atoms with van der Waals surface area (Å²) in [6.45, 7) is 2.46. The van der Waals surface area contributed by atoms with Crippen LogP contribution < -0.4 is 5.32 Å². The van der Waals surface area contributed by atoms with Crippen molar-refractivity contribution in [1.82, 2.24) is 0 Å². The number of benzene rings is 2. The molecule has 1 nitrogen and oxygen atoms in total. The van der Waals surface area contributed by atoms with Gasteiger partial charge in [-0.25, -0.2) is 0 Å². The average molecular weight is 344 g/mol. The molecule has 5 heteroatoms. The summed E-state index contributed by atoms with van der Waals surface area (Å²) in [4.78, 5) is 0. The Bertz CT molecular complexity index is 608. The Balaban J connectivity index is 2.18. The fourth-order valence-electron chi connectivity index (χ4n) is 1.86. The van der Waals surface area contributed by atoms with Gasteiger partial charge in [0.15, 0.2) is 0 Å². The van der Waals surface area contributed by atoms with E-state index in [2.05, 4.69) is 21.2 Å². The van der Waals surface area contributed by atoms with Gasteiger partial charge in [-0.2, -0.15) is 13.2 Å². The molecule has 2 aromatic carbocycles. The third-order valence-electron chi connectivity index (χ3n) is 2.97. The smallest absolute Gasteiger partial charge is 0.381 e. The van der Waals surface area contributed by atoms with Crippen molar-refractivity contribution in [3.8, 4) is 0 Å². The summed E-state index contributed by atoms with van der Waals surface area (Å²) in [6.07, 6.45) is -4.34. The van der Waals surface area contributed by atoms with E-state index in [4.69, 9.17) is 0 Å². The minimum absolute atomic E-state index is 0.402. The second-order valence-corrected chi connectivity index (χ2v) is 5.42. The largest absolute Gasteiger partial charge is 0.416 e. The molecule has 0 bridgehead atoms. The molecule has 0 unspecified atom stereocenters. The molecule has 0 aliphatic rings. The first-order chi connectivity index (χ1) is 9.36. The maximum atomic E-state index is 12.7. The zero-order valence-electron chi connectivity index (χ0n) is 10.8. The van der Waals surface area contributed by atoms with Crippen LogP contribution in [-0.4, -0.2) is 0 Å². The second-order valence-electron chi connectivity index (χ2n) is 4.51. The number of anilines is 1. The van der Waals surface area contributed by atoms with Crippen molar-refractivity contribution in [3.05, 3.63) is 63.6 Å². The number of aryl methyl sites for hydroxylation is 1. The van der Waals surface area contributed by atoms with Crippen LogP contribution in [0.15, 0.2) is 46.9 Å². The number of alkyl halides is 3. The molecule has 0 amide bonds. The van der Waals surface area contributed by atoms with Crippen LogP contribution in [0.5, 0.6) is 0 Å². The predicted octanol–water partition coefficient (Wildman–Crippen LogP) is 5.39. The maximum absolute atomic E-state index is 12.7. The van der Waals surface area contributed by atoms with Crippen LogP contribution in [0.25, 0.3) is 0 Å². The first-order valence-corrected chi connectivity index (χ1v) is 6.82. The molecule has 0 heterocycles. The quantitative estimate of drug-likeness (QED) is 0.787. The van der Waals surface area contributed by atoms with Gasteiger partial charge in [0.25, 0.3) is 0 Å². The van der Waals surface area contributed by atoms with Crippen LogP contribution in [0.2, 0.25) is 0 Å².